The molecular weight excluding hydrogens is 318 g/mol. The van der Waals surface area contributed by atoms with Gasteiger partial charge in [-0.15, -0.1) is 10.2 Å². The van der Waals surface area contributed by atoms with Crippen molar-refractivity contribution in [3.8, 4) is 11.4 Å². The molecule has 1 atom stereocenters. The lowest BCUT2D eigenvalue weighted by Gasteiger charge is -2.24. The molecule has 1 aliphatic heterocycles. The fourth-order valence-electron chi connectivity index (χ4n) is 3.20. The molecule has 8 heteroatoms. The summed E-state index contributed by atoms with van der Waals surface area (Å²) in [6.07, 6.45) is 6.49. The fourth-order valence-corrected chi connectivity index (χ4v) is 3.20. The van der Waals surface area contributed by atoms with Crippen LogP contribution in [0.3, 0.4) is 0 Å². The lowest BCUT2D eigenvalue weighted by molar-refractivity contribution is 0.324. The molecule has 0 saturated carbocycles. The number of aromatic nitrogens is 6. The van der Waals surface area contributed by atoms with Crippen LogP contribution < -0.4 is 5.32 Å². The van der Waals surface area contributed by atoms with Crippen molar-refractivity contribution in [3.63, 3.8) is 0 Å². The van der Waals surface area contributed by atoms with E-state index in [1.165, 1.54) is 0 Å². The van der Waals surface area contributed by atoms with E-state index in [9.17, 15) is 0 Å². The molecule has 130 valence electrons. The molecule has 1 aliphatic rings. The lowest BCUT2D eigenvalue weighted by Crippen LogP contribution is -2.30. The monoisotopic (exact) mass is 339 g/mol. The molecule has 4 heterocycles. The van der Waals surface area contributed by atoms with Crippen molar-refractivity contribution in [1.82, 2.24) is 35.2 Å². The number of hydrogen-bond donors (Lipinski definition) is 1. The average molecular weight is 339 g/mol. The predicted molar refractivity (Wildman–Crippen MR) is 90.4 cm³/mol. The van der Waals surface area contributed by atoms with Crippen LogP contribution in [0.2, 0.25) is 0 Å². The van der Waals surface area contributed by atoms with E-state index in [1.54, 1.807) is 12.4 Å². The summed E-state index contributed by atoms with van der Waals surface area (Å²) >= 11 is 0. The second-order valence-electron chi connectivity index (χ2n) is 6.29. The minimum absolute atomic E-state index is 0.564. The number of rotatable bonds is 6. The van der Waals surface area contributed by atoms with Crippen LogP contribution in [-0.4, -0.2) is 36.4 Å². The Balaban J connectivity index is 1.31. The van der Waals surface area contributed by atoms with E-state index in [0.29, 0.717) is 24.2 Å². The Morgan fingerprint density at radius 3 is 3.16 bits per heavy atom. The first-order valence-corrected chi connectivity index (χ1v) is 8.68. The Bertz CT molecular complexity index is 813. The van der Waals surface area contributed by atoms with Crippen LogP contribution >= 0.6 is 0 Å². The van der Waals surface area contributed by atoms with Crippen molar-refractivity contribution >= 4 is 0 Å². The zero-order chi connectivity index (χ0) is 17.1. The molecule has 0 bridgehead atoms. The second kappa shape index (κ2) is 7.10. The molecule has 8 nitrogen and oxygen atoms in total. The first-order chi connectivity index (χ1) is 12.3. The molecule has 0 spiro atoms. The quantitative estimate of drug-likeness (QED) is 0.729. The van der Waals surface area contributed by atoms with Crippen LogP contribution in [-0.2, 0) is 25.9 Å². The standard InChI is InChI=1S/C17H21N7O/c1-2-14-21-22-15-6-5-12(11-24(14)15)8-19-10-16-20-17(23-25-16)13-4-3-7-18-9-13/h3-4,7,9,12,19H,2,5-6,8,10-11H2,1H3. The van der Waals surface area contributed by atoms with Gasteiger partial charge in [-0.2, -0.15) is 4.98 Å². The number of fused-ring (bicyclic) bond motifs is 1. The van der Waals surface area contributed by atoms with Gasteiger partial charge in [0, 0.05) is 43.9 Å². The Kier molecular flexibility index (Phi) is 4.51. The van der Waals surface area contributed by atoms with Crippen molar-refractivity contribution in [1.29, 1.82) is 0 Å². The summed E-state index contributed by atoms with van der Waals surface area (Å²) in [7, 11) is 0. The van der Waals surface area contributed by atoms with Crippen molar-refractivity contribution in [3.05, 3.63) is 42.1 Å². The maximum atomic E-state index is 5.31. The molecular formula is C17H21N7O. The molecule has 25 heavy (non-hydrogen) atoms. The minimum atomic E-state index is 0.564. The topological polar surface area (TPSA) is 94.6 Å². The van der Waals surface area contributed by atoms with E-state index >= 15 is 0 Å². The van der Waals surface area contributed by atoms with E-state index in [1.807, 2.05) is 12.1 Å². The van der Waals surface area contributed by atoms with Crippen molar-refractivity contribution in [2.45, 2.75) is 39.3 Å². The van der Waals surface area contributed by atoms with Gasteiger partial charge < -0.3 is 14.4 Å². The van der Waals surface area contributed by atoms with Gasteiger partial charge >= 0.3 is 0 Å². The number of nitrogens with one attached hydrogen (secondary N) is 1. The summed E-state index contributed by atoms with van der Waals surface area (Å²) in [5, 5.41) is 16.0. The molecule has 1 unspecified atom stereocenters. The molecule has 0 fully saturated rings. The van der Waals surface area contributed by atoms with E-state index in [0.717, 1.165) is 49.6 Å². The Hall–Kier alpha value is -2.61. The van der Waals surface area contributed by atoms with E-state index in [2.05, 4.69) is 42.1 Å². The molecule has 0 radical (unpaired) electrons. The number of nitrogens with zero attached hydrogens (tertiary/aromatic N) is 6. The van der Waals surface area contributed by atoms with Gasteiger partial charge in [0.1, 0.15) is 11.6 Å². The first-order valence-electron chi connectivity index (χ1n) is 8.68. The van der Waals surface area contributed by atoms with Gasteiger partial charge in [-0.1, -0.05) is 12.1 Å². The van der Waals surface area contributed by atoms with Gasteiger partial charge in [-0.05, 0) is 24.5 Å². The summed E-state index contributed by atoms with van der Waals surface area (Å²) in [4.78, 5) is 8.48. The Morgan fingerprint density at radius 1 is 1.36 bits per heavy atom. The third kappa shape index (κ3) is 3.43. The second-order valence-corrected chi connectivity index (χ2v) is 6.29. The van der Waals surface area contributed by atoms with Gasteiger partial charge in [0.15, 0.2) is 0 Å². The van der Waals surface area contributed by atoms with Crippen LogP contribution in [0.25, 0.3) is 11.4 Å². The molecule has 0 saturated heterocycles. The van der Waals surface area contributed by atoms with Crippen LogP contribution in [0.1, 0.15) is 30.9 Å². The molecule has 1 N–H and O–H groups in total. The normalized spacial score (nSPS) is 16.8. The highest BCUT2D eigenvalue weighted by Crippen LogP contribution is 2.20. The SMILES string of the molecule is CCc1nnc2n1CC(CNCc1nc(-c3cccnc3)no1)CC2. The summed E-state index contributed by atoms with van der Waals surface area (Å²) in [6.45, 7) is 4.57. The minimum Gasteiger partial charge on any atom is -0.338 e. The summed E-state index contributed by atoms with van der Waals surface area (Å²) < 4.78 is 7.58. The van der Waals surface area contributed by atoms with E-state index < -0.39 is 0 Å². The van der Waals surface area contributed by atoms with E-state index in [4.69, 9.17) is 4.52 Å². The predicted octanol–water partition coefficient (Wildman–Crippen LogP) is 1.64. The third-order valence-electron chi connectivity index (χ3n) is 4.53. The molecule has 3 aromatic rings. The van der Waals surface area contributed by atoms with Crippen LogP contribution in [0.15, 0.2) is 29.0 Å². The third-order valence-corrected chi connectivity index (χ3v) is 4.53. The van der Waals surface area contributed by atoms with Crippen LogP contribution in [0.4, 0.5) is 0 Å². The number of aryl methyl sites for hydroxylation is 2. The van der Waals surface area contributed by atoms with Gasteiger partial charge in [0.05, 0.1) is 6.54 Å². The molecule has 3 aromatic heterocycles. The largest absolute Gasteiger partial charge is 0.338 e. The highest BCUT2D eigenvalue weighted by Gasteiger charge is 2.22. The highest BCUT2D eigenvalue weighted by molar-refractivity contribution is 5.51. The Labute approximate surface area is 145 Å². The van der Waals surface area contributed by atoms with Gasteiger partial charge in [-0.3, -0.25) is 4.98 Å². The van der Waals surface area contributed by atoms with Crippen molar-refractivity contribution < 1.29 is 4.52 Å². The summed E-state index contributed by atoms with van der Waals surface area (Å²) in [5.41, 5.74) is 0.858. The summed E-state index contributed by atoms with van der Waals surface area (Å²) in [6, 6.07) is 3.77. The van der Waals surface area contributed by atoms with E-state index in [-0.39, 0.29) is 0 Å². The number of hydrogen-bond acceptors (Lipinski definition) is 7. The van der Waals surface area contributed by atoms with Gasteiger partial charge in [-0.25, -0.2) is 0 Å². The van der Waals surface area contributed by atoms with Gasteiger partial charge in [0.25, 0.3) is 0 Å². The van der Waals surface area contributed by atoms with Gasteiger partial charge in [0.2, 0.25) is 11.7 Å². The molecule has 0 aliphatic carbocycles. The first kappa shape index (κ1) is 15.9. The Morgan fingerprint density at radius 2 is 2.32 bits per heavy atom. The number of pyridine rings is 1. The maximum absolute atomic E-state index is 5.31. The maximum Gasteiger partial charge on any atom is 0.240 e. The zero-order valence-corrected chi connectivity index (χ0v) is 14.2. The molecule has 0 amide bonds. The summed E-state index contributed by atoms with van der Waals surface area (Å²) in [5.74, 6) is 3.93. The smallest absolute Gasteiger partial charge is 0.240 e. The fraction of sp³-hybridized carbons (Fsp3) is 0.471. The van der Waals surface area contributed by atoms with Crippen molar-refractivity contribution in [2.75, 3.05) is 6.54 Å². The zero-order valence-electron chi connectivity index (χ0n) is 14.2. The average Bonchev–Trinajstić information content (AvgIpc) is 3.29. The van der Waals surface area contributed by atoms with Crippen LogP contribution in [0.5, 0.6) is 0 Å². The molecule has 4 rings (SSSR count). The van der Waals surface area contributed by atoms with Crippen LogP contribution in [0, 0.1) is 5.92 Å². The lowest BCUT2D eigenvalue weighted by atomic mass is 9.99. The highest BCUT2D eigenvalue weighted by atomic mass is 16.5. The molecule has 0 aromatic carbocycles. The van der Waals surface area contributed by atoms with Crippen molar-refractivity contribution in [2.24, 2.45) is 5.92 Å².